The molecule has 1 unspecified atom stereocenters. The highest BCUT2D eigenvalue weighted by atomic mass is 79.9. The standard InChI is InChI=1S/C13H19BrN2O4S2/c1-13(2,3)20-12(17)16-7-6-9(8-16)15-22(18,19)11-5-4-10(14)21-11/h4-5,9,15H,6-8H2,1-3H3. The number of sulfonamides is 1. The summed E-state index contributed by atoms with van der Waals surface area (Å²) in [6.07, 6.45) is 0.165. The van der Waals surface area contributed by atoms with Gasteiger partial charge in [0.25, 0.3) is 0 Å². The molecule has 1 aliphatic heterocycles. The zero-order chi connectivity index (χ0) is 16.5. The molecule has 9 heteroatoms. The molecule has 1 aromatic rings. The van der Waals surface area contributed by atoms with Crippen LogP contribution < -0.4 is 4.72 Å². The summed E-state index contributed by atoms with van der Waals surface area (Å²) in [4.78, 5) is 13.5. The second-order valence-corrected chi connectivity index (χ2v) is 10.5. The molecule has 0 aromatic carbocycles. The molecule has 0 bridgehead atoms. The van der Waals surface area contributed by atoms with Gasteiger partial charge in [-0.15, -0.1) is 11.3 Å². The van der Waals surface area contributed by atoms with E-state index in [1.54, 1.807) is 32.9 Å². The Kier molecular flexibility index (Phi) is 5.20. The lowest BCUT2D eigenvalue weighted by Crippen LogP contribution is -2.40. The van der Waals surface area contributed by atoms with Gasteiger partial charge in [0.2, 0.25) is 10.0 Å². The van der Waals surface area contributed by atoms with Crippen LogP contribution in [0.25, 0.3) is 0 Å². The molecule has 1 N–H and O–H groups in total. The van der Waals surface area contributed by atoms with Crippen molar-refractivity contribution in [1.82, 2.24) is 9.62 Å². The maximum Gasteiger partial charge on any atom is 0.410 e. The Morgan fingerprint density at radius 1 is 1.45 bits per heavy atom. The third-order valence-corrected chi connectivity index (χ3v) is 6.61. The van der Waals surface area contributed by atoms with Gasteiger partial charge in [0.05, 0.1) is 3.79 Å². The van der Waals surface area contributed by atoms with Gasteiger partial charge in [-0.05, 0) is 55.3 Å². The first-order valence-corrected chi connectivity index (χ1v) is 9.92. The van der Waals surface area contributed by atoms with Crippen LogP contribution in [0.3, 0.4) is 0 Å². The Balaban J connectivity index is 1.95. The molecule has 0 spiro atoms. The minimum Gasteiger partial charge on any atom is -0.444 e. The number of thiophene rings is 1. The molecule has 2 rings (SSSR count). The van der Waals surface area contributed by atoms with Gasteiger partial charge >= 0.3 is 6.09 Å². The number of likely N-dealkylation sites (tertiary alicyclic amines) is 1. The van der Waals surface area contributed by atoms with E-state index in [4.69, 9.17) is 4.74 Å². The lowest BCUT2D eigenvalue weighted by Gasteiger charge is -2.24. The van der Waals surface area contributed by atoms with Gasteiger partial charge in [-0.3, -0.25) is 0 Å². The summed E-state index contributed by atoms with van der Waals surface area (Å²) < 4.78 is 33.5. The summed E-state index contributed by atoms with van der Waals surface area (Å²) in [7, 11) is -3.55. The van der Waals surface area contributed by atoms with Crippen molar-refractivity contribution in [3.05, 3.63) is 15.9 Å². The number of halogens is 1. The maximum atomic E-state index is 12.3. The molecule has 2 heterocycles. The number of amides is 1. The number of hydrogen-bond donors (Lipinski definition) is 1. The Labute approximate surface area is 143 Å². The molecule has 22 heavy (non-hydrogen) atoms. The molecule has 1 amide bonds. The molecule has 1 saturated heterocycles. The van der Waals surface area contributed by atoms with E-state index < -0.39 is 21.7 Å². The summed E-state index contributed by atoms with van der Waals surface area (Å²) in [5.41, 5.74) is -0.558. The van der Waals surface area contributed by atoms with Crippen LogP contribution in [0.2, 0.25) is 0 Å². The van der Waals surface area contributed by atoms with E-state index in [-0.39, 0.29) is 10.3 Å². The first kappa shape index (κ1) is 17.7. The van der Waals surface area contributed by atoms with E-state index in [1.807, 2.05) is 0 Å². The van der Waals surface area contributed by atoms with Crippen LogP contribution >= 0.6 is 27.3 Å². The number of carbonyl (C=O) groups excluding carboxylic acids is 1. The van der Waals surface area contributed by atoms with E-state index in [2.05, 4.69) is 20.7 Å². The molecule has 1 fully saturated rings. The summed E-state index contributed by atoms with van der Waals surface area (Å²) in [6, 6.07) is 2.96. The average Bonchev–Trinajstić information content (AvgIpc) is 2.95. The van der Waals surface area contributed by atoms with Crippen LogP contribution in [0.5, 0.6) is 0 Å². The van der Waals surface area contributed by atoms with Gasteiger partial charge in [-0.2, -0.15) is 0 Å². The molecule has 6 nitrogen and oxygen atoms in total. The second-order valence-electron chi connectivity index (χ2n) is 6.09. The summed E-state index contributed by atoms with van der Waals surface area (Å²) in [5.74, 6) is 0. The highest BCUT2D eigenvalue weighted by molar-refractivity contribution is 9.11. The Bertz CT molecular complexity index is 651. The fourth-order valence-electron chi connectivity index (χ4n) is 2.07. The highest BCUT2D eigenvalue weighted by Gasteiger charge is 2.32. The molecule has 0 aliphatic carbocycles. The fourth-order valence-corrected chi connectivity index (χ4v) is 5.36. The zero-order valence-electron chi connectivity index (χ0n) is 12.6. The predicted molar refractivity (Wildman–Crippen MR) is 88.6 cm³/mol. The first-order chi connectivity index (χ1) is 10.1. The SMILES string of the molecule is CC(C)(C)OC(=O)N1CCC(NS(=O)(=O)c2ccc(Br)s2)C1. The molecule has 0 radical (unpaired) electrons. The molecular formula is C13H19BrN2O4S2. The quantitative estimate of drug-likeness (QED) is 0.830. The largest absolute Gasteiger partial charge is 0.444 e. The van der Waals surface area contributed by atoms with Crippen molar-refractivity contribution in [3.8, 4) is 0 Å². The first-order valence-electron chi connectivity index (χ1n) is 6.82. The van der Waals surface area contributed by atoms with E-state index in [1.165, 1.54) is 4.90 Å². The summed E-state index contributed by atoms with van der Waals surface area (Å²) in [6.45, 7) is 6.21. The van der Waals surface area contributed by atoms with Crippen molar-refractivity contribution in [2.75, 3.05) is 13.1 Å². The van der Waals surface area contributed by atoms with Crippen LogP contribution in [-0.4, -0.2) is 44.1 Å². The Morgan fingerprint density at radius 3 is 2.68 bits per heavy atom. The third-order valence-electron chi connectivity index (χ3n) is 2.98. The van der Waals surface area contributed by atoms with Gasteiger partial charge in [-0.25, -0.2) is 17.9 Å². The van der Waals surface area contributed by atoms with Crippen molar-refractivity contribution in [2.24, 2.45) is 0 Å². The lowest BCUT2D eigenvalue weighted by molar-refractivity contribution is 0.0292. The van der Waals surface area contributed by atoms with Crippen LogP contribution in [0, 0.1) is 0 Å². The maximum absolute atomic E-state index is 12.3. The zero-order valence-corrected chi connectivity index (χ0v) is 15.8. The van der Waals surface area contributed by atoms with Crippen LogP contribution in [0.4, 0.5) is 4.79 Å². The van der Waals surface area contributed by atoms with Crippen molar-refractivity contribution in [2.45, 2.75) is 43.0 Å². The van der Waals surface area contributed by atoms with E-state index in [0.717, 1.165) is 15.1 Å². The monoisotopic (exact) mass is 410 g/mol. The van der Waals surface area contributed by atoms with Crippen LogP contribution in [0.15, 0.2) is 20.1 Å². The van der Waals surface area contributed by atoms with Gasteiger partial charge in [0, 0.05) is 19.1 Å². The number of ether oxygens (including phenoxy) is 1. The Hall–Kier alpha value is -0.640. The van der Waals surface area contributed by atoms with Crippen molar-refractivity contribution in [3.63, 3.8) is 0 Å². The predicted octanol–water partition coefficient (Wildman–Crippen LogP) is 2.80. The van der Waals surface area contributed by atoms with Crippen molar-refractivity contribution < 1.29 is 17.9 Å². The third kappa shape index (κ3) is 4.68. The van der Waals surface area contributed by atoms with E-state index in [0.29, 0.717) is 19.5 Å². The van der Waals surface area contributed by atoms with Gasteiger partial charge < -0.3 is 9.64 Å². The molecule has 0 saturated carbocycles. The molecule has 1 atom stereocenters. The Morgan fingerprint density at radius 2 is 2.14 bits per heavy atom. The second kappa shape index (κ2) is 6.46. The van der Waals surface area contributed by atoms with Gasteiger partial charge in [0.1, 0.15) is 9.81 Å². The summed E-state index contributed by atoms with van der Waals surface area (Å²) >= 11 is 4.40. The molecule has 1 aliphatic rings. The molecule has 124 valence electrons. The van der Waals surface area contributed by atoms with Gasteiger partial charge in [-0.1, -0.05) is 0 Å². The number of hydrogen-bond acceptors (Lipinski definition) is 5. The molecule has 1 aromatic heterocycles. The highest BCUT2D eigenvalue weighted by Crippen LogP contribution is 2.26. The fraction of sp³-hybridized carbons (Fsp3) is 0.615. The summed E-state index contributed by atoms with van der Waals surface area (Å²) in [5, 5.41) is 0. The number of nitrogens with zero attached hydrogens (tertiary/aromatic N) is 1. The minimum absolute atomic E-state index is 0.259. The van der Waals surface area contributed by atoms with Gasteiger partial charge in [0.15, 0.2) is 0 Å². The number of carbonyl (C=O) groups is 1. The number of nitrogens with one attached hydrogen (secondary N) is 1. The lowest BCUT2D eigenvalue weighted by atomic mass is 10.2. The normalized spacial score (nSPS) is 19.5. The molecular weight excluding hydrogens is 392 g/mol. The van der Waals surface area contributed by atoms with E-state index >= 15 is 0 Å². The smallest absolute Gasteiger partial charge is 0.410 e. The van der Waals surface area contributed by atoms with Crippen molar-refractivity contribution >= 4 is 43.4 Å². The average molecular weight is 411 g/mol. The van der Waals surface area contributed by atoms with Crippen LogP contribution in [0.1, 0.15) is 27.2 Å². The number of rotatable bonds is 3. The van der Waals surface area contributed by atoms with Crippen molar-refractivity contribution in [1.29, 1.82) is 0 Å². The van der Waals surface area contributed by atoms with E-state index in [9.17, 15) is 13.2 Å². The minimum atomic E-state index is -3.55. The van der Waals surface area contributed by atoms with Crippen LogP contribution in [-0.2, 0) is 14.8 Å². The topological polar surface area (TPSA) is 75.7 Å².